The SMILES string of the molecule is NCC(CO)CNc1nc2ccc(CN3CCOCS3(=O)=O)cc2s1. The van der Waals surface area contributed by atoms with E-state index in [1.807, 2.05) is 18.2 Å². The summed E-state index contributed by atoms with van der Waals surface area (Å²) in [6, 6.07) is 5.76. The third-order valence-electron chi connectivity index (χ3n) is 4.06. The van der Waals surface area contributed by atoms with Crippen LogP contribution in [0, 0.1) is 5.92 Å². The van der Waals surface area contributed by atoms with E-state index in [2.05, 4.69) is 10.3 Å². The monoisotopic (exact) mass is 386 g/mol. The van der Waals surface area contributed by atoms with Crippen molar-refractivity contribution >= 4 is 36.7 Å². The van der Waals surface area contributed by atoms with Crippen LogP contribution < -0.4 is 11.1 Å². The van der Waals surface area contributed by atoms with Gasteiger partial charge in [0.2, 0.25) is 10.0 Å². The maximum Gasteiger partial charge on any atom is 0.238 e. The van der Waals surface area contributed by atoms with E-state index in [9.17, 15) is 13.5 Å². The van der Waals surface area contributed by atoms with E-state index in [1.54, 1.807) is 0 Å². The van der Waals surface area contributed by atoms with E-state index in [1.165, 1.54) is 15.6 Å². The minimum atomic E-state index is -3.34. The molecule has 1 aliphatic rings. The molecule has 3 rings (SSSR count). The molecule has 1 atom stereocenters. The number of aliphatic hydroxyl groups excluding tert-OH is 1. The van der Waals surface area contributed by atoms with E-state index in [-0.39, 0.29) is 18.5 Å². The van der Waals surface area contributed by atoms with Crippen LogP contribution >= 0.6 is 11.3 Å². The number of fused-ring (bicyclic) bond motifs is 1. The molecule has 2 heterocycles. The summed E-state index contributed by atoms with van der Waals surface area (Å²) in [5, 5.41) is 13.1. The predicted molar refractivity (Wildman–Crippen MR) is 97.9 cm³/mol. The van der Waals surface area contributed by atoms with Crippen molar-refractivity contribution in [3.05, 3.63) is 23.8 Å². The second-order valence-electron chi connectivity index (χ2n) is 5.96. The Labute approximate surface area is 150 Å². The van der Waals surface area contributed by atoms with Crippen molar-refractivity contribution in [3.8, 4) is 0 Å². The molecule has 4 N–H and O–H groups in total. The summed E-state index contributed by atoms with van der Waals surface area (Å²) in [4.78, 5) is 4.50. The lowest BCUT2D eigenvalue weighted by atomic mass is 10.2. The second kappa shape index (κ2) is 7.94. The Morgan fingerprint density at radius 1 is 1.48 bits per heavy atom. The highest BCUT2D eigenvalue weighted by Crippen LogP contribution is 2.27. The summed E-state index contributed by atoms with van der Waals surface area (Å²) in [5.74, 6) is -0.258. The first-order chi connectivity index (χ1) is 12.0. The third-order valence-corrected chi connectivity index (χ3v) is 6.59. The van der Waals surface area contributed by atoms with Gasteiger partial charge in [-0.3, -0.25) is 0 Å². The van der Waals surface area contributed by atoms with Crippen LogP contribution in [0.25, 0.3) is 10.2 Å². The highest BCUT2D eigenvalue weighted by atomic mass is 32.2. The van der Waals surface area contributed by atoms with E-state index < -0.39 is 10.0 Å². The van der Waals surface area contributed by atoms with Crippen molar-refractivity contribution in [3.63, 3.8) is 0 Å². The van der Waals surface area contributed by atoms with Gasteiger partial charge >= 0.3 is 0 Å². The van der Waals surface area contributed by atoms with Crippen LogP contribution in [0.1, 0.15) is 5.56 Å². The molecule has 0 bridgehead atoms. The van der Waals surface area contributed by atoms with Crippen molar-refractivity contribution in [2.24, 2.45) is 11.7 Å². The summed E-state index contributed by atoms with van der Waals surface area (Å²) >= 11 is 1.50. The molecule has 1 saturated heterocycles. The standard InChI is InChI=1S/C15H22N4O4S2/c16-6-12(9-20)7-17-15-18-13-2-1-11(5-14(13)24-15)8-19-3-4-23-10-25(19,21)22/h1-2,5,12,20H,3-4,6-10,16H2,(H,17,18). The van der Waals surface area contributed by atoms with Crippen molar-refractivity contribution in [1.82, 2.24) is 9.29 Å². The number of ether oxygens (including phenoxy) is 1. The summed E-state index contributed by atoms with van der Waals surface area (Å²) in [6.07, 6.45) is 0. The molecule has 1 aliphatic heterocycles. The van der Waals surface area contributed by atoms with Gasteiger partial charge in [0.25, 0.3) is 0 Å². The molecule has 0 aliphatic carbocycles. The van der Waals surface area contributed by atoms with Gasteiger partial charge in [-0.25, -0.2) is 13.4 Å². The van der Waals surface area contributed by atoms with Gasteiger partial charge < -0.3 is 20.9 Å². The Morgan fingerprint density at radius 2 is 2.32 bits per heavy atom. The molecule has 8 nitrogen and oxygen atoms in total. The van der Waals surface area contributed by atoms with Gasteiger partial charge in [0.05, 0.1) is 16.8 Å². The highest BCUT2D eigenvalue weighted by Gasteiger charge is 2.26. The first-order valence-electron chi connectivity index (χ1n) is 8.01. The number of anilines is 1. The zero-order chi connectivity index (χ0) is 17.9. The zero-order valence-electron chi connectivity index (χ0n) is 13.7. The van der Waals surface area contributed by atoms with Gasteiger partial charge in [-0.1, -0.05) is 17.4 Å². The lowest BCUT2D eigenvalue weighted by molar-refractivity contribution is 0.130. The van der Waals surface area contributed by atoms with Gasteiger partial charge in [-0.05, 0) is 24.2 Å². The van der Waals surface area contributed by atoms with Crippen LogP contribution in [-0.2, 0) is 21.3 Å². The molecule has 1 unspecified atom stereocenters. The maximum absolute atomic E-state index is 12.0. The number of aliphatic hydroxyl groups is 1. The molecule has 10 heteroatoms. The molecule has 1 aromatic heterocycles. The smallest absolute Gasteiger partial charge is 0.238 e. The molecule has 0 amide bonds. The molecule has 1 aromatic carbocycles. The summed E-state index contributed by atoms with van der Waals surface area (Å²) < 4.78 is 31.5. The third kappa shape index (κ3) is 4.46. The van der Waals surface area contributed by atoms with Crippen molar-refractivity contribution in [2.75, 3.05) is 44.1 Å². The van der Waals surface area contributed by atoms with E-state index in [0.29, 0.717) is 32.8 Å². The second-order valence-corrected chi connectivity index (χ2v) is 8.90. The first kappa shape index (κ1) is 18.5. The number of thiazole rings is 1. The van der Waals surface area contributed by atoms with Crippen LogP contribution in [0.5, 0.6) is 0 Å². The number of nitrogens with one attached hydrogen (secondary N) is 1. The largest absolute Gasteiger partial charge is 0.396 e. The Morgan fingerprint density at radius 3 is 3.04 bits per heavy atom. The predicted octanol–water partition coefficient (Wildman–Crippen LogP) is 0.395. The summed E-state index contributed by atoms with van der Waals surface area (Å²) in [6.45, 7) is 2.13. The molecule has 0 spiro atoms. The van der Waals surface area contributed by atoms with Crippen molar-refractivity contribution < 1.29 is 18.3 Å². The van der Waals surface area contributed by atoms with Crippen LogP contribution in [0.4, 0.5) is 5.13 Å². The van der Waals surface area contributed by atoms with E-state index >= 15 is 0 Å². The molecule has 25 heavy (non-hydrogen) atoms. The highest BCUT2D eigenvalue weighted by molar-refractivity contribution is 7.88. The van der Waals surface area contributed by atoms with Crippen LogP contribution in [0.15, 0.2) is 18.2 Å². The lowest BCUT2D eigenvalue weighted by Gasteiger charge is -2.26. The summed E-state index contributed by atoms with van der Waals surface area (Å²) in [7, 11) is -3.34. The number of nitrogens with two attached hydrogens (primary N) is 1. The number of rotatable bonds is 7. The normalized spacial score (nSPS) is 19.1. The Bertz CT molecular complexity index is 820. The van der Waals surface area contributed by atoms with E-state index in [0.717, 1.165) is 20.9 Å². The fourth-order valence-electron chi connectivity index (χ4n) is 2.52. The number of hydrogen-bond acceptors (Lipinski definition) is 8. The molecular weight excluding hydrogens is 364 g/mol. The van der Waals surface area contributed by atoms with E-state index in [4.69, 9.17) is 10.5 Å². The molecule has 138 valence electrons. The Balaban J connectivity index is 1.72. The molecule has 2 aromatic rings. The average molecular weight is 386 g/mol. The van der Waals surface area contributed by atoms with Gasteiger partial charge in [0, 0.05) is 32.2 Å². The number of benzene rings is 1. The molecule has 1 fully saturated rings. The van der Waals surface area contributed by atoms with Gasteiger partial charge in [0.15, 0.2) is 11.1 Å². The van der Waals surface area contributed by atoms with Crippen LogP contribution in [0.3, 0.4) is 0 Å². The lowest BCUT2D eigenvalue weighted by Crippen LogP contribution is -2.40. The number of sulfonamides is 1. The Hall–Kier alpha value is -1.30. The van der Waals surface area contributed by atoms with Gasteiger partial charge in [-0.15, -0.1) is 0 Å². The summed E-state index contributed by atoms with van der Waals surface area (Å²) in [5.41, 5.74) is 7.35. The minimum absolute atomic E-state index is 0.00546. The minimum Gasteiger partial charge on any atom is -0.396 e. The fraction of sp³-hybridized carbons (Fsp3) is 0.533. The quantitative estimate of drug-likeness (QED) is 0.630. The average Bonchev–Trinajstić information content (AvgIpc) is 3.00. The first-order valence-corrected chi connectivity index (χ1v) is 10.4. The van der Waals surface area contributed by atoms with Crippen LogP contribution in [0.2, 0.25) is 0 Å². The molecular formula is C15H22N4O4S2. The number of hydrogen-bond donors (Lipinski definition) is 3. The number of nitrogens with zero attached hydrogens (tertiary/aromatic N) is 2. The van der Waals surface area contributed by atoms with Crippen molar-refractivity contribution in [2.45, 2.75) is 6.54 Å². The van der Waals surface area contributed by atoms with Crippen LogP contribution in [-0.4, -0.2) is 61.6 Å². The number of aromatic nitrogens is 1. The zero-order valence-corrected chi connectivity index (χ0v) is 15.4. The molecule has 0 saturated carbocycles. The van der Waals surface area contributed by atoms with Gasteiger partial charge in [0.1, 0.15) is 0 Å². The van der Waals surface area contributed by atoms with Crippen molar-refractivity contribution in [1.29, 1.82) is 0 Å². The van der Waals surface area contributed by atoms with Gasteiger partial charge in [-0.2, -0.15) is 4.31 Å². The fourth-order valence-corrected chi connectivity index (χ4v) is 4.63. The maximum atomic E-state index is 12.0. The topological polar surface area (TPSA) is 118 Å². The molecule has 0 radical (unpaired) electrons. The Kier molecular flexibility index (Phi) is 5.87.